The summed E-state index contributed by atoms with van der Waals surface area (Å²) in [6.45, 7) is 4.00. The van der Waals surface area contributed by atoms with Gasteiger partial charge in [0.25, 0.3) is 0 Å². The minimum Gasteiger partial charge on any atom is -0.496 e. The molecular formula is C26H25Cl2N3O4S. The minimum absolute atomic E-state index is 0.198. The summed E-state index contributed by atoms with van der Waals surface area (Å²) >= 11 is 16.0. The van der Waals surface area contributed by atoms with Crippen molar-refractivity contribution in [1.29, 1.82) is 5.26 Å². The Kier molecular flexibility index (Phi) is 10.9. The van der Waals surface area contributed by atoms with E-state index in [1.807, 2.05) is 13.8 Å². The number of ether oxygens (including phenoxy) is 2. The highest BCUT2D eigenvalue weighted by molar-refractivity contribution is 7.79. The molecule has 4 aromatic rings. The van der Waals surface area contributed by atoms with Crippen LogP contribution in [0.15, 0.2) is 47.2 Å². The first-order valence-electron chi connectivity index (χ1n) is 10.7. The first-order valence-corrected chi connectivity index (χ1v) is 12.3. The van der Waals surface area contributed by atoms with Crippen LogP contribution in [-0.4, -0.2) is 31.7 Å². The number of methoxy groups -OCH3 is 2. The molecule has 0 radical (unpaired) electrons. The smallest absolute Gasteiger partial charge is 0.185 e. The maximum Gasteiger partial charge on any atom is 0.185 e. The zero-order valence-electron chi connectivity index (χ0n) is 20.3. The van der Waals surface area contributed by atoms with Crippen molar-refractivity contribution in [2.24, 2.45) is 0 Å². The van der Waals surface area contributed by atoms with Crippen LogP contribution in [-0.2, 0) is 0 Å². The summed E-state index contributed by atoms with van der Waals surface area (Å²) in [5, 5.41) is 14.2. The number of hydrogen-bond acceptors (Lipinski definition) is 8. The molecule has 10 heteroatoms. The van der Waals surface area contributed by atoms with Crippen molar-refractivity contribution in [3.8, 4) is 28.7 Å². The van der Waals surface area contributed by atoms with Crippen LogP contribution >= 0.6 is 35.8 Å². The van der Waals surface area contributed by atoms with E-state index in [0.29, 0.717) is 66.8 Å². The van der Waals surface area contributed by atoms with Gasteiger partial charge in [-0.15, -0.1) is 0 Å². The van der Waals surface area contributed by atoms with Gasteiger partial charge in [0.15, 0.2) is 12.0 Å². The molecule has 7 nitrogen and oxygen atoms in total. The summed E-state index contributed by atoms with van der Waals surface area (Å²) < 4.78 is 16.1. The van der Waals surface area contributed by atoms with Crippen molar-refractivity contribution >= 4 is 64.4 Å². The van der Waals surface area contributed by atoms with Crippen LogP contribution in [0.2, 0.25) is 10.0 Å². The Balaban J connectivity index is 0.00000109. The molecule has 0 amide bonds. The van der Waals surface area contributed by atoms with Crippen molar-refractivity contribution in [3.05, 3.63) is 64.2 Å². The van der Waals surface area contributed by atoms with E-state index in [-0.39, 0.29) is 5.76 Å². The number of aldehydes is 1. The number of furan rings is 1. The van der Waals surface area contributed by atoms with Crippen LogP contribution in [0, 0.1) is 11.3 Å². The van der Waals surface area contributed by atoms with Crippen LogP contribution in [0.3, 0.4) is 0 Å². The van der Waals surface area contributed by atoms with Gasteiger partial charge >= 0.3 is 0 Å². The second kappa shape index (κ2) is 13.6. The Morgan fingerprint density at radius 1 is 1.06 bits per heavy atom. The Morgan fingerprint density at radius 2 is 1.75 bits per heavy atom. The predicted octanol–water partition coefficient (Wildman–Crippen LogP) is 7.82. The third-order valence-corrected chi connectivity index (χ3v) is 5.47. The molecule has 0 aliphatic carbocycles. The molecule has 1 N–H and O–H groups in total. The summed E-state index contributed by atoms with van der Waals surface area (Å²) in [5.74, 6) is 1.14. The largest absolute Gasteiger partial charge is 0.496 e. The number of nitrogens with one attached hydrogen (secondary N) is 1. The monoisotopic (exact) mass is 545 g/mol. The lowest BCUT2D eigenvalue weighted by Crippen LogP contribution is -1.99. The highest BCUT2D eigenvalue weighted by Gasteiger charge is 2.17. The van der Waals surface area contributed by atoms with Gasteiger partial charge in [-0.05, 0) is 30.5 Å². The SMILES string of the molecule is CC.COc1cc(Nc2c(C#N)cnc3cc(-c4coc(C=O)c4)c(OC)cc23)c(Cl)cc1Cl.CS. The molecule has 0 saturated heterocycles. The minimum atomic E-state index is 0.198. The normalized spacial score (nSPS) is 9.75. The predicted molar refractivity (Wildman–Crippen MR) is 149 cm³/mol. The van der Waals surface area contributed by atoms with Crippen molar-refractivity contribution in [2.75, 3.05) is 25.8 Å². The fraction of sp³-hybridized carbons (Fsp3) is 0.192. The van der Waals surface area contributed by atoms with Crippen LogP contribution < -0.4 is 14.8 Å². The Labute approximate surface area is 225 Å². The van der Waals surface area contributed by atoms with Crippen LogP contribution in [0.25, 0.3) is 22.0 Å². The fourth-order valence-electron chi connectivity index (χ4n) is 3.30. The Hall–Kier alpha value is -3.38. The van der Waals surface area contributed by atoms with E-state index < -0.39 is 0 Å². The standard InChI is InChI=1S/C23H15Cl2N3O4.C2H6.CH4S/c1-30-21-5-16-19(4-15(21)12-3-14(10-29)32-11-12)27-9-13(8-26)23(16)28-20-7-22(31-2)18(25)6-17(20)24;2*1-2/h3-7,9-11H,1-2H3,(H,27,28);1-2H3;2H,1H3. The van der Waals surface area contributed by atoms with Gasteiger partial charge in [-0.2, -0.15) is 17.9 Å². The summed E-state index contributed by atoms with van der Waals surface area (Å²) in [5.41, 5.74) is 3.25. The lowest BCUT2D eigenvalue weighted by atomic mass is 10.0. The van der Waals surface area contributed by atoms with Crippen LogP contribution in [0.5, 0.6) is 11.5 Å². The number of thiol groups is 1. The number of fused-ring (bicyclic) bond motifs is 1. The molecule has 0 spiro atoms. The van der Waals surface area contributed by atoms with Gasteiger partial charge in [0.2, 0.25) is 0 Å². The molecule has 0 saturated carbocycles. The maximum absolute atomic E-state index is 11.0. The van der Waals surface area contributed by atoms with Crippen LogP contribution in [0.1, 0.15) is 30.0 Å². The number of rotatable bonds is 6. The number of pyridine rings is 1. The van der Waals surface area contributed by atoms with Gasteiger partial charge in [0, 0.05) is 28.8 Å². The lowest BCUT2D eigenvalue weighted by Gasteiger charge is -2.16. The second-order valence-corrected chi connectivity index (χ2v) is 7.49. The van der Waals surface area contributed by atoms with Gasteiger partial charge in [0.05, 0.1) is 53.0 Å². The third-order valence-electron chi connectivity index (χ3n) is 4.86. The van der Waals surface area contributed by atoms with Gasteiger partial charge in [-0.25, -0.2) is 0 Å². The number of halogens is 2. The zero-order valence-corrected chi connectivity index (χ0v) is 22.8. The summed E-state index contributed by atoms with van der Waals surface area (Å²) in [6.07, 6.45) is 5.25. The van der Waals surface area contributed by atoms with E-state index in [1.54, 1.807) is 36.6 Å². The van der Waals surface area contributed by atoms with Crippen molar-refractivity contribution in [3.63, 3.8) is 0 Å². The number of anilines is 2. The van der Waals surface area contributed by atoms with E-state index in [4.69, 9.17) is 37.1 Å². The molecule has 4 rings (SSSR count). The molecule has 2 heterocycles. The van der Waals surface area contributed by atoms with Gasteiger partial charge in [-0.3, -0.25) is 9.78 Å². The van der Waals surface area contributed by atoms with Crippen molar-refractivity contribution in [1.82, 2.24) is 4.98 Å². The molecule has 2 aromatic heterocycles. The number of carbonyl (C=O) groups excluding carboxylic acids is 1. The van der Waals surface area contributed by atoms with Crippen molar-refractivity contribution < 1.29 is 18.7 Å². The van der Waals surface area contributed by atoms with Gasteiger partial charge in [-0.1, -0.05) is 37.0 Å². The van der Waals surface area contributed by atoms with Gasteiger partial charge < -0.3 is 19.2 Å². The second-order valence-electron chi connectivity index (χ2n) is 6.68. The molecule has 0 unspecified atom stereocenters. The molecular weight excluding hydrogens is 521 g/mol. The third kappa shape index (κ3) is 6.05. The molecule has 0 fully saturated rings. The van der Waals surface area contributed by atoms with E-state index in [1.165, 1.54) is 26.7 Å². The highest BCUT2D eigenvalue weighted by atomic mass is 35.5. The highest BCUT2D eigenvalue weighted by Crippen LogP contribution is 2.41. The molecule has 188 valence electrons. The number of carbonyl (C=O) groups is 1. The van der Waals surface area contributed by atoms with E-state index in [0.717, 1.165) is 0 Å². The zero-order chi connectivity index (χ0) is 26.8. The fourth-order valence-corrected chi connectivity index (χ4v) is 3.81. The van der Waals surface area contributed by atoms with Crippen LogP contribution in [0.4, 0.5) is 11.4 Å². The quantitative estimate of drug-likeness (QED) is 0.188. The number of nitriles is 1. The Morgan fingerprint density at radius 3 is 2.33 bits per heavy atom. The first kappa shape index (κ1) is 28.9. The summed E-state index contributed by atoms with van der Waals surface area (Å²) in [4.78, 5) is 15.4. The molecule has 0 atom stereocenters. The molecule has 0 aliphatic rings. The summed E-state index contributed by atoms with van der Waals surface area (Å²) in [7, 11) is 3.03. The summed E-state index contributed by atoms with van der Waals surface area (Å²) in [6, 6.07) is 10.5. The topological polar surface area (TPSA) is 97.4 Å². The Bertz CT molecular complexity index is 1400. The number of nitrogens with zero attached hydrogens (tertiary/aromatic N) is 2. The van der Waals surface area contributed by atoms with E-state index in [2.05, 4.69) is 29.0 Å². The maximum atomic E-state index is 11.0. The number of benzene rings is 2. The lowest BCUT2D eigenvalue weighted by molar-refractivity contribution is 0.110. The average molecular weight is 546 g/mol. The number of aromatic nitrogens is 1. The molecule has 2 aromatic carbocycles. The van der Waals surface area contributed by atoms with E-state index >= 15 is 0 Å². The first-order chi connectivity index (χ1) is 17.5. The molecule has 36 heavy (non-hydrogen) atoms. The average Bonchev–Trinajstić information content (AvgIpc) is 3.41. The molecule has 0 aliphatic heterocycles. The number of hydrogen-bond donors (Lipinski definition) is 2. The van der Waals surface area contributed by atoms with Crippen molar-refractivity contribution in [2.45, 2.75) is 13.8 Å². The van der Waals surface area contributed by atoms with E-state index in [9.17, 15) is 10.1 Å². The molecule has 0 bridgehead atoms. The van der Waals surface area contributed by atoms with Gasteiger partial charge in [0.1, 0.15) is 17.6 Å².